The number of carbonyl (C=O) groups is 1. The predicted octanol–water partition coefficient (Wildman–Crippen LogP) is 5.70. The molecule has 0 saturated carbocycles. The molecule has 3 atom stereocenters. The molecule has 4 N–H and O–H groups in total. The Bertz CT molecular complexity index is 897. The highest BCUT2D eigenvalue weighted by Gasteiger charge is 2.21. The first-order chi connectivity index (χ1) is 17.8. The molecule has 206 valence electrons. The van der Waals surface area contributed by atoms with Crippen molar-refractivity contribution >= 4 is 17.7 Å². The third-order valence-corrected chi connectivity index (χ3v) is 6.28. The van der Waals surface area contributed by atoms with Crippen LogP contribution in [-0.4, -0.2) is 47.9 Å². The number of nitrogens with one attached hydrogen (secondary N) is 1. The lowest BCUT2D eigenvalue weighted by atomic mass is 9.97. The monoisotopic (exact) mass is 531 g/mol. The largest absolute Gasteiger partial charge is 0.400 e. The molecular weight excluding hydrogens is 485 g/mol. The Hall–Kier alpha value is -2.69. The van der Waals surface area contributed by atoms with Crippen molar-refractivity contribution in [1.29, 1.82) is 0 Å². The van der Waals surface area contributed by atoms with Crippen molar-refractivity contribution < 1.29 is 14.3 Å². The van der Waals surface area contributed by atoms with Crippen LogP contribution in [0.4, 0.5) is 4.39 Å². The fraction of sp³-hybridized carbons (Fsp3) is 0.500. The molecule has 2 aliphatic carbocycles. The Balaban J connectivity index is 0.00000101. The Kier molecular flexibility index (Phi) is 18.9. The molecule has 0 aromatic rings. The smallest absolute Gasteiger partial charge is 0.217 e. The first kappa shape index (κ1) is 34.3. The maximum Gasteiger partial charge on any atom is 0.217 e. The number of rotatable bonds is 3. The summed E-state index contributed by atoms with van der Waals surface area (Å²) in [6.45, 7) is 11.0. The number of halogens is 1. The third kappa shape index (κ3) is 14.6. The van der Waals surface area contributed by atoms with Gasteiger partial charge in [0.1, 0.15) is 5.83 Å². The number of terminal acetylenes is 1. The molecule has 5 nitrogen and oxygen atoms in total. The summed E-state index contributed by atoms with van der Waals surface area (Å²) in [5, 5.41) is 11.8. The molecule has 3 unspecified atom stereocenters. The van der Waals surface area contributed by atoms with E-state index < -0.39 is 0 Å². The molecule has 7 heteroatoms. The lowest BCUT2D eigenvalue weighted by Crippen LogP contribution is -2.31. The van der Waals surface area contributed by atoms with Gasteiger partial charge in [0, 0.05) is 68.8 Å². The van der Waals surface area contributed by atoms with Gasteiger partial charge in [-0.3, -0.25) is 4.79 Å². The minimum Gasteiger partial charge on any atom is -0.400 e. The lowest BCUT2D eigenvalue weighted by Gasteiger charge is -2.31. The van der Waals surface area contributed by atoms with Crippen molar-refractivity contribution in [3.63, 3.8) is 0 Å². The molecule has 0 saturated heterocycles. The highest BCUT2D eigenvalue weighted by Crippen LogP contribution is 2.27. The topological polar surface area (TPSA) is 78.6 Å². The number of nitrogens with two attached hydrogens (primary N) is 1. The lowest BCUT2D eigenvalue weighted by molar-refractivity contribution is -0.119. The number of amides is 1. The quantitative estimate of drug-likeness (QED) is 0.408. The molecule has 0 spiro atoms. The first-order valence-electron chi connectivity index (χ1n) is 12.9. The second kappa shape index (κ2) is 20.4. The summed E-state index contributed by atoms with van der Waals surface area (Å²) in [6, 6.07) is 0.275. The molecule has 1 heterocycles. The van der Waals surface area contributed by atoms with Gasteiger partial charge in [0.25, 0.3) is 0 Å². The fourth-order valence-corrected chi connectivity index (χ4v) is 4.58. The number of thioether (sulfide) groups is 1. The standard InChI is InChI=1S/C22H25FN2S.C5H11NO.C2H6.CH4O/c1-2-17-9-11-25(15-18-7-8-22(24)21(23)14-18)20-6-4-3-5-19(13-20)16-26-12-10-17;1-4(2)6-5(3)7;2*1-2/h1,3-8,10,12-13,17-19H,9,11,14-16,24H2;4H,1-3H3,(H,6,7);1-2H3;2H,1H3/b12-10-;;;. The summed E-state index contributed by atoms with van der Waals surface area (Å²) < 4.78 is 13.9. The third-order valence-electron chi connectivity index (χ3n) is 5.36. The molecule has 37 heavy (non-hydrogen) atoms. The second-order valence-corrected chi connectivity index (χ2v) is 9.65. The minimum absolute atomic E-state index is 0.0370. The SMILES string of the molecule is C#CC1/C=C\SCC2C=CC=CC(=C2)N(CC2C=CC(N)=C(F)C2)CC1.CC.CC(=O)NC(C)C.CO. The molecular formula is C30H46FN3O2S. The van der Waals surface area contributed by atoms with Gasteiger partial charge in [0.05, 0.1) is 5.70 Å². The molecule has 0 aromatic carbocycles. The van der Waals surface area contributed by atoms with E-state index in [0.29, 0.717) is 12.3 Å². The van der Waals surface area contributed by atoms with E-state index >= 15 is 0 Å². The average molecular weight is 532 g/mol. The van der Waals surface area contributed by atoms with Crippen LogP contribution in [0, 0.1) is 30.1 Å². The van der Waals surface area contributed by atoms with Gasteiger partial charge in [0.2, 0.25) is 5.91 Å². The van der Waals surface area contributed by atoms with Crippen LogP contribution < -0.4 is 11.1 Å². The van der Waals surface area contributed by atoms with Crippen LogP contribution >= 0.6 is 11.8 Å². The number of hydrogen-bond donors (Lipinski definition) is 3. The maximum absolute atomic E-state index is 13.9. The second-order valence-electron chi connectivity index (χ2n) is 8.71. The summed E-state index contributed by atoms with van der Waals surface area (Å²) in [5.74, 6) is 4.30. The van der Waals surface area contributed by atoms with Crippen molar-refractivity contribution in [2.24, 2.45) is 23.5 Å². The highest BCUT2D eigenvalue weighted by molar-refractivity contribution is 8.02. The van der Waals surface area contributed by atoms with Gasteiger partial charge in [-0.05, 0) is 37.8 Å². The predicted molar refractivity (Wildman–Crippen MR) is 158 cm³/mol. The number of carbonyl (C=O) groups excluding carboxylic acids is 1. The zero-order chi connectivity index (χ0) is 28.2. The number of allylic oxidation sites excluding steroid dienone is 8. The number of hydrogen-bond acceptors (Lipinski definition) is 5. The van der Waals surface area contributed by atoms with Crippen LogP contribution in [-0.2, 0) is 4.79 Å². The van der Waals surface area contributed by atoms with Gasteiger partial charge in [-0.15, -0.1) is 18.2 Å². The fourth-order valence-electron chi connectivity index (χ4n) is 3.74. The van der Waals surface area contributed by atoms with E-state index in [1.807, 2.05) is 33.8 Å². The molecule has 1 aliphatic heterocycles. The van der Waals surface area contributed by atoms with Crippen LogP contribution in [0.1, 0.15) is 47.5 Å². The number of aliphatic hydroxyl groups excluding tert-OH is 1. The van der Waals surface area contributed by atoms with Crippen LogP contribution in [0.2, 0.25) is 0 Å². The van der Waals surface area contributed by atoms with Crippen LogP contribution in [0.15, 0.2) is 71.2 Å². The minimum atomic E-state index is -0.207. The van der Waals surface area contributed by atoms with Crippen LogP contribution in [0.3, 0.4) is 0 Å². The van der Waals surface area contributed by atoms with Crippen molar-refractivity contribution in [1.82, 2.24) is 10.2 Å². The zero-order valence-corrected chi connectivity index (χ0v) is 24.1. The molecule has 3 rings (SSSR count). The van der Waals surface area contributed by atoms with E-state index in [9.17, 15) is 9.18 Å². The highest BCUT2D eigenvalue weighted by atomic mass is 32.2. The van der Waals surface area contributed by atoms with E-state index in [-0.39, 0.29) is 35.3 Å². The summed E-state index contributed by atoms with van der Waals surface area (Å²) in [4.78, 5) is 12.5. The molecule has 1 amide bonds. The van der Waals surface area contributed by atoms with Gasteiger partial charge >= 0.3 is 0 Å². The van der Waals surface area contributed by atoms with Gasteiger partial charge in [-0.2, -0.15) is 0 Å². The Labute approximate surface area is 228 Å². The zero-order valence-electron chi connectivity index (χ0n) is 23.3. The van der Waals surface area contributed by atoms with E-state index in [1.165, 1.54) is 12.6 Å². The van der Waals surface area contributed by atoms with Crippen molar-refractivity contribution in [3.8, 4) is 12.3 Å². The van der Waals surface area contributed by atoms with E-state index in [2.05, 4.69) is 58.0 Å². The average Bonchev–Trinajstić information content (AvgIpc) is 3.14. The Morgan fingerprint density at radius 2 is 1.97 bits per heavy atom. The molecule has 2 bridgehead atoms. The van der Waals surface area contributed by atoms with E-state index in [0.717, 1.165) is 32.4 Å². The molecule has 0 aromatic heterocycles. The van der Waals surface area contributed by atoms with Crippen molar-refractivity contribution in [2.45, 2.75) is 53.5 Å². The van der Waals surface area contributed by atoms with Gasteiger partial charge < -0.3 is 21.1 Å². The normalized spacial score (nSPS) is 23.3. The number of fused-ring (bicyclic) bond motifs is 1. The van der Waals surface area contributed by atoms with Crippen molar-refractivity contribution in [2.75, 3.05) is 26.0 Å². The summed E-state index contributed by atoms with van der Waals surface area (Å²) in [6.07, 6.45) is 23.7. The van der Waals surface area contributed by atoms with Crippen LogP contribution in [0.25, 0.3) is 0 Å². The first-order valence-corrected chi connectivity index (χ1v) is 13.9. The van der Waals surface area contributed by atoms with Crippen molar-refractivity contribution in [3.05, 3.63) is 71.2 Å². The Morgan fingerprint density at radius 3 is 2.54 bits per heavy atom. The van der Waals surface area contributed by atoms with Crippen LogP contribution in [0.5, 0.6) is 0 Å². The molecule has 0 fully saturated rings. The molecule has 0 radical (unpaired) electrons. The van der Waals surface area contributed by atoms with Gasteiger partial charge in [-0.25, -0.2) is 4.39 Å². The number of nitrogens with zero attached hydrogens (tertiary/aromatic N) is 1. The Morgan fingerprint density at radius 1 is 1.27 bits per heavy atom. The summed E-state index contributed by atoms with van der Waals surface area (Å²) in [5.41, 5.74) is 7.10. The maximum atomic E-state index is 13.9. The molecule has 3 aliphatic rings. The number of aliphatic hydroxyl groups is 1. The summed E-state index contributed by atoms with van der Waals surface area (Å²) in [7, 11) is 1.00. The summed E-state index contributed by atoms with van der Waals surface area (Å²) >= 11 is 1.80. The van der Waals surface area contributed by atoms with Gasteiger partial charge in [-0.1, -0.05) is 56.2 Å². The van der Waals surface area contributed by atoms with Gasteiger partial charge in [0.15, 0.2) is 0 Å². The van der Waals surface area contributed by atoms with E-state index in [4.69, 9.17) is 17.3 Å². The van der Waals surface area contributed by atoms with E-state index in [1.54, 1.807) is 17.8 Å².